The SMILES string of the molecule is COC(=O)c1ccc(-c2nc(Cl)c3c(n2)N(C(C)c2ccccc2)C2CCCCC32)cc1. The summed E-state index contributed by atoms with van der Waals surface area (Å²) in [5, 5.41) is 0.543. The van der Waals surface area contributed by atoms with Crippen molar-refractivity contribution in [3.05, 3.63) is 76.4 Å². The molecule has 1 aliphatic heterocycles. The molecule has 1 fully saturated rings. The largest absolute Gasteiger partial charge is 0.465 e. The topological polar surface area (TPSA) is 55.3 Å². The molecule has 6 heteroatoms. The number of anilines is 1. The highest BCUT2D eigenvalue weighted by Gasteiger charge is 2.45. The van der Waals surface area contributed by atoms with Gasteiger partial charge in [-0.3, -0.25) is 0 Å². The third kappa shape index (κ3) is 3.55. The summed E-state index contributed by atoms with van der Waals surface area (Å²) in [6.45, 7) is 2.25. The van der Waals surface area contributed by atoms with Crippen molar-refractivity contribution in [3.8, 4) is 11.4 Å². The summed E-state index contributed by atoms with van der Waals surface area (Å²) in [6.07, 6.45) is 4.69. The monoisotopic (exact) mass is 447 g/mol. The maximum absolute atomic E-state index is 11.8. The van der Waals surface area contributed by atoms with Gasteiger partial charge in [0, 0.05) is 23.1 Å². The summed E-state index contributed by atoms with van der Waals surface area (Å²) in [5.41, 5.74) is 3.68. The second kappa shape index (κ2) is 8.55. The Labute approximate surface area is 193 Å². The number of hydrogen-bond acceptors (Lipinski definition) is 5. The molecule has 5 rings (SSSR count). The van der Waals surface area contributed by atoms with Crippen LogP contribution in [0, 0.1) is 0 Å². The Morgan fingerprint density at radius 3 is 2.50 bits per heavy atom. The predicted octanol–water partition coefficient (Wildman–Crippen LogP) is 6.19. The lowest BCUT2D eigenvalue weighted by molar-refractivity contribution is 0.0600. The molecular formula is C26H26ClN3O2. The fraction of sp³-hybridized carbons (Fsp3) is 0.346. The molecule has 2 aliphatic rings. The summed E-state index contributed by atoms with van der Waals surface area (Å²) in [4.78, 5) is 24.0. The first-order chi connectivity index (χ1) is 15.6. The van der Waals surface area contributed by atoms with Crippen LogP contribution in [0.1, 0.15) is 66.1 Å². The minimum absolute atomic E-state index is 0.184. The third-order valence-electron chi connectivity index (χ3n) is 6.84. The normalized spacial score (nSPS) is 20.4. The summed E-state index contributed by atoms with van der Waals surface area (Å²) >= 11 is 6.81. The number of esters is 1. The predicted molar refractivity (Wildman–Crippen MR) is 126 cm³/mol. The highest BCUT2D eigenvalue weighted by molar-refractivity contribution is 6.30. The summed E-state index contributed by atoms with van der Waals surface area (Å²) in [5.74, 6) is 1.53. The van der Waals surface area contributed by atoms with Gasteiger partial charge in [-0.05, 0) is 37.5 Å². The number of halogens is 1. The van der Waals surface area contributed by atoms with Crippen LogP contribution in [0.3, 0.4) is 0 Å². The van der Waals surface area contributed by atoms with Crippen molar-refractivity contribution in [3.63, 3.8) is 0 Å². The zero-order valence-electron chi connectivity index (χ0n) is 18.3. The van der Waals surface area contributed by atoms with E-state index >= 15 is 0 Å². The van der Waals surface area contributed by atoms with Gasteiger partial charge in [0.15, 0.2) is 5.82 Å². The van der Waals surface area contributed by atoms with Crippen molar-refractivity contribution in [2.24, 2.45) is 0 Å². The van der Waals surface area contributed by atoms with Crippen LogP contribution < -0.4 is 4.90 Å². The fourth-order valence-electron chi connectivity index (χ4n) is 5.25. The van der Waals surface area contributed by atoms with E-state index in [9.17, 15) is 4.79 Å². The summed E-state index contributed by atoms with van der Waals surface area (Å²) in [7, 11) is 1.38. The summed E-state index contributed by atoms with van der Waals surface area (Å²) in [6, 6.07) is 18.3. The summed E-state index contributed by atoms with van der Waals surface area (Å²) < 4.78 is 4.80. The van der Waals surface area contributed by atoms with Crippen molar-refractivity contribution in [1.29, 1.82) is 0 Å². The smallest absolute Gasteiger partial charge is 0.337 e. The van der Waals surface area contributed by atoms with Crippen molar-refractivity contribution in [2.45, 2.75) is 50.6 Å². The number of fused-ring (bicyclic) bond motifs is 3. The first-order valence-electron chi connectivity index (χ1n) is 11.2. The molecule has 3 aromatic rings. The van der Waals surface area contributed by atoms with Crippen LogP contribution in [0.4, 0.5) is 5.82 Å². The van der Waals surface area contributed by atoms with Gasteiger partial charge in [0.1, 0.15) is 11.0 Å². The van der Waals surface area contributed by atoms with Gasteiger partial charge in [-0.25, -0.2) is 14.8 Å². The Hall–Kier alpha value is -2.92. The van der Waals surface area contributed by atoms with E-state index in [0.717, 1.165) is 29.8 Å². The number of ether oxygens (including phenoxy) is 1. The van der Waals surface area contributed by atoms with Crippen molar-refractivity contribution in [2.75, 3.05) is 12.0 Å². The van der Waals surface area contributed by atoms with Crippen LogP contribution in [-0.2, 0) is 4.74 Å². The molecule has 1 saturated carbocycles. The lowest BCUT2D eigenvalue weighted by Crippen LogP contribution is -2.38. The van der Waals surface area contributed by atoms with Crippen LogP contribution >= 0.6 is 11.6 Å². The molecule has 1 aromatic heterocycles. The average molecular weight is 448 g/mol. The van der Waals surface area contributed by atoms with E-state index in [0.29, 0.717) is 28.5 Å². The van der Waals surface area contributed by atoms with Crippen LogP contribution in [0.15, 0.2) is 54.6 Å². The number of nitrogens with zero attached hydrogens (tertiary/aromatic N) is 3. The van der Waals surface area contributed by atoms with Gasteiger partial charge in [-0.1, -0.05) is 66.9 Å². The van der Waals surface area contributed by atoms with Gasteiger partial charge in [0.05, 0.1) is 18.7 Å². The minimum atomic E-state index is -0.364. The Morgan fingerprint density at radius 2 is 1.78 bits per heavy atom. The number of methoxy groups -OCH3 is 1. The van der Waals surface area contributed by atoms with Gasteiger partial charge in [0.2, 0.25) is 0 Å². The number of carbonyl (C=O) groups excluding carboxylic acids is 1. The molecule has 0 N–H and O–H groups in total. The highest BCUT2D eigenvalue weighted by Crippen LogP contribution is 2.52. The molecule has 32 heavy (non-hydrogen) atoms. The number of aromatic nitrogens is 2. The maximum Gasteiger partial charge on any atom is 0.337 e. The first kappa shape index (κ1) is 21.0. The Morgan fingerprint density at radius 1 is 1.06 bits per heavy atom. The standard InChI is InChI=1S/C26H26ClN3O2/c1-16(17-8-4-3-5-9-17)30-21-11-7-6-10-20(21)22-23(27)28-24(29-25(22)30)18-12-14-19(15-13-18)26(31)32-2/h3-5,8-9,12-16,20-21H,6-7,10-11H2,1-2H3. The van der Waals surface area contributed by atoms with Gasteiger partial charge in [0.25, 0.3) is 0 Å². The zero-order chi connectivity index (χ0) is 22.2. The highest BCUT2D eigenvalue weighted by atomic mass is 35.5. The minimum Gasteiger partial charge on any atom is -0.465 e. The van der Waals surface area contributed by atoms with Gasteiger partial charge >= 0.3 is 5.97 Å². The van der Waals surface area contributed by atoms with Crippen LogP contribution in [-0.4, -0.2) is 29.1 Å². The van der Waals surface area contributed by atoms with Crippen molar-refractivity contribution >= 4 is 23.4 Å². The van der Waals surface area contributed by atoms with Crippen molar-refractivity contribution < 1.29 is 9.53 Å². The Bertz CT molecular complexity index is 1130. The number of carbonyl (C=O) groups is 1. The van der Waals surface area contributed by atoms with E-state index in [1.54, 1.807) is 12.1 Å². The number of hydrogen-bond donors (Lipinski definition) is 0. The van der Waals surface area contributed by atoms with Crippen molar-refractivity contribution in [1.82, 2.24) is 9.97 Å². The second-order valence-electron chi connectivity index (χ2n) is 8.60. The molecule has 1 aliphatic carbocycles. The van der Waals surface area contributed by atoms with Gasteiger partial charge < -0.3 is 9.64 Å². The second-order valence-corrected chi connectivity index (χ2v) is 8.95. The van der Waals surface area contributed by atoms with Crippen LogP contribution in [0.2, 0.25) is 5.15 Å². The van der Waals surface area contributed by atoms with Crippen LogP contribution in [0.25, 0.3) is 11.4 Å². The molecular weight excluding hydrogens is 422 g/mol. The molecule has 5 nitrogen and oxygen atoms in total. The molecule has 0 spiro atoms. The molecule has 164 valence electrons. The lowest BCUT2D eigenvalue weighted by Gasteiger charge is -2.37. The average Bonchev–Trinajstić information content (AvgIpc) is 3.18. The Balaban J connectivity index is 1.59. The van der Waals surface area contributed by atoms with Crippen LogP contribution in [0.5, 0.6) is 0 Å². The van der Waals surface area contributed by atoms with Gasteiger partial charge in [-0.15, -0.1) is 0 Å². The molecule has 0 radical (unpaired) electrons. The van der Waals surface area contributed by atoms with E-state index in [1.807, 2.05) is 18.2 Å². The van der Waals surface area contributed by atoms with E-state index in [2.05, 4.69) is 41.1 Å². The third-order valence-corrected chi connectivity index (χ3v) is 7.13. The molecule has 2 heterocycles. The van der Waals surface area contributed by atoms with E-state index in [-0.39, 0.29) is 12.0 Å². The maximum atomic E-state index is 11.8. The molecule has 2 aromatic carbocycles. The first-order valence-corrected chi connectivity index (χ1v) is 11.6. The molecule has 3 atom stereocenters. The lowest BCUT2D eigenvalue weighted by atomic mass is 9.82. The fourth-order valence-corrected chi connectivity index (χ4v) is 5.55. The number of benzene rings is 2. The van der Waals surface area contributed by atoms with E-state index in [1.165, 1.54) is 25.5 Å². The van der Waals surface area contributed by atoms with E-state index in [4.69, 9.17) is 21.3 Å². The van der Waals surface area contributed by atoms with E-state index < -0.39 is 0 Å². The molecule has 3 unspecified atom stereocenters. The quantitative estimate of drug-likeness (QED) is 0.352. The Kier molecular flexibility index (Phi) is 5.60. The number of rotatable bonds is 4. The molecule has 0 bridgehead atoms. The van der Waals surface area contributed by atoms with Gasteiger partial charge in [-0.2, -0.15) is 0 Å². The molecule has 0 saturated heterocycles. The molecule has 0 amide bonds. The zero-order valence-corrected chi connectivity index (χ0v) is 19.0.